The standard InChI is InChI=1S/C15H21ClN2O4/c16-14-2-1-13(22-14)15(19)17-9-12(11-3-6-21-10-11)18-4-7-20-8-5-18/h1-2,11-12H,3-10H2,(H,17,19). The maximum atomic E-state index is 12.1. The van der Waals surface area contributed by atoms with Crippen LogP contribution >= 0.6 is 11.6 Å². The van der Waals surface area contributed by atoms with Crippen LogP contribution in [0.1, 0.15) is 17.0 Å². The number of carbonyl (C=O) groups excluding carboxylic acids is 1. The molecule has 0 saturated carbocycles. The summed E-state index contributed by atoms with van der Waals surface area (Å²) in [4.78, 5) is 14.5. The van der Waals surface area contributed by atoms with E-state index in [0.717, 1.165) is 45.9 Å². The van der Waals surface area contributed by atoms with Gasteiger partial charge in [0, 0.05) is 38.2 Å². The lowest BCUT2D eigenvalue weighted by atomic mass is 9.97. The van der Waals surface area contributed by atoms with E-state index in [-0.39, 0.29) is 22.9 Å². The number of hydrogen-bond acceptors (Lipinski definition) is 5. The summed E-state index contributed by atoms with van der Waals surface area (Å²) in [6.45, 7) is 5.40. The second-order valence-electron chi connectivity index (χ2n) is 5.65. The number of furan rings is 1. The lowest BCUT2D eigenvalue weighted by molar-refractivity contribution is 0.00160. The van der Waals surface area contributed by atoms with Gasteiger partial charge in [-0.1, -0.05) is 0 Å². The highest BCUT2D eigenvalue weighted by molar-refractivity contribution is 6.29. The Morgan fingerprint density at radius 2 is 2.14 bits per heavy atom. The Morgan fingerprint density at radius 3 is 2.77 bits per heavy atom. The van der Waals surface area contributed by atoms with Crippen molar-refractivity contribution in [2.45, 2.75) is 12.5 Å². The van der Waals surface area contributed by atoms with Crippen LogP contribution < -0.4 is 5.32 Å². The third kappa shape index (κ3) is 3.81. The molecule has 3 rings (SSSR count). The van der Waals surface area contributed by atoms with E-state index in [1.807, 2.05) is 0 Å². The minimum Gasteiger partial charge on any atom is -0.440 e. The first-order valence-corrected chi connectivity index (χ1v) is 8.05. The average molecular weight is 329 g/mol. The quantitative estimate of drug-likeness (QED) is 0.885. The van der Waals surface area contributed by atoms with Gasteiger partial charge in [-0.2, -0.15) is 0 Å². The molecule has 1 N–H and O–H groups in total. The Balaban J connectivity index is 1.60. The molecule has 2 atom stereocenters. The van der Waals surface area contributed by atoms with Crippen molar-refractivity contribution in [3.8, 4) is 0 Å². The maximum Gasteiger partial charge on any atom is 0.287 e. The largest absolute Gasteiger partial charge is 0.440 e. The van der Waals surface area contributed by atoms with E-state index in [2.05, 4.69) is 10.2 Å². The molecule has 6 nitrogen and oxygen atoms in total. The van der Waals surface area contributed by atoms with Crippen molar-refractivity contribution in [2.75, 3.05) is 46.1 Å². The topological polar surface area (TPSA) is 63.9 Å². The van der Waals surface area contributed by atoms with Crippen LogP contribution in [0.5, 0.6) is 0 Å². The van der Waals surface area contributed by atoms with Crippen molar-refractivity contribution in [3.05, 3.63) is 23.1 Å². The molecule has 3 heterocycles. The summed E-state index contributed by atoms with van der Waals surface area (Å²) < 4.78 is 16.1. The van der Waals surface area contributed by atoms with E-state index in [0.29, 0.717) is 12.5 Å². The molecule has 2 fully saturated rings. The second kappa shape index (κ2) is 7.46. The lowest BCUT2D eigenvalue weighted by Gasteiger charge is -2.37. The van der Waals surface area contributed by atoms with Crippen LogP contribution in [0.2, 0.25) is 5.22 Å². The Bertz CT molecular complexity index is 495. The van der Waals surface area contributed by atoms with Crippen LogP contribution in [0.3, 0.4) is 0 Å². The van der Waals surface area contributed by atoms with Crippen molar-refractivity contribution >= 4 is 17.5 Å². The Labute approximate surface area is 134 Å². The fraction of sp³-hybridized carbons (Fsp3) is 0.667. The number of amides is 1. The molecule has 1 aromatic heterocycles. The van der Waals surface area contributed by atoms with Gasteiger partial charge in [0.05, 0.1) is 19.8 Å². The van der Waals surface area contributed by atoms with E-state index in [9.17, 15) is 4.79 Å². The predicted molar refractivity (Wildman–Crippen MR) is 81.2 cm³/mol. The van der Waals surface area contributed by atoms with Crippen LogP contribution in [0.4, 0.5) is 0 Å². The van der Waals surface area contributed by atoms with E-state index >= 15 is 0 Å². The number of nitrogens with one attached hydrogen (secondary N) is 1. The number of carbonyl (C=O) groups is 1. The Hall–Kier alpha value is -1.08. The zero-order valence-electron chi connectivity index (χ0n) is 12.4. The third-order valence-electron chi connectivity index (χ3n) is 4.29. The third-order valence-corrected chi connectivity index (χ3v) is 4.50. The average Bonchev–Trinajstić information content (AvgIpc) is 3.20. The van der Waals surface area contributed by atoms with Gasteiger partial charge in [-0.05, 0) is 30.2 Å². The van der Waals surface area contributed by atoms with E-state index < -0.39 is 0 Å². The van der Waals surface area contributed by atoms with Crippen molar-refractivity contribution in [3.63, 3.8) is 0 Å². The number of halogens is 1. The maximum absolute atomic E-state index is 12.1. The number of nitrogens with zero attached hydrogens (tertiary/aromatic N) is 1. The van der Waals surface area contributed by atoms with Gasteiger partial charge in [0.1, 0.15) is 0 Å². The number of hydrogen-bond donors (Lipinski definition) is 1. The molecule has 0 aromatic carbocycles. The Morgan fingerprint density at radius 1 is 1.32 bits per heavy atom. The molecule has 2 unspecified atom stereocenters. The second-order valence-corrected chi connectivity index (χ2v) is 6.03. The molecule has 2 saturated heterocycles. The molecule has 7 heteroatoms. The summed E-state index contributed by atoms with van der Waals surface area (Å²) in [6.07, 6.45) is 1.03. The molecule has 1 amide bonds. The van der Waals surface area contributed by atoms with Crippen molar-refractivity contribution in [1.29, 1.82) is 0 Å². The van der Waals surface area contributed by atoms with E-state index in [4.69, 9.17) is 25.5 Å². The van der Waals surface area contributed by atoms with E-state index in [1.165, 1.54) is 0 Å². The van der Waals surface area contributed by atoms with Gasteiger partial charge in [0.2, 0.25) is 0 Å². The normalized spacial score (nSPS) is 24.3. The number of morpholine rings is 1. The van der Waals surface area contributed by atoms with Crippen LogP contribution in [0, 0.1) is 5.92 Å². The predicted octanol–water partition coefficient (Wildman–Crippen LogP) is 1.40. The van der Waals surface area contributed by atoms with Crippen LogP contribution in [-0.2, 0) is 9.47 Å². The monoisotopic (exact) mass is 328 g/mol. The summed E-state index contributed by atoms with van der Waals surface area (Å²) in [5, 5.41) is 3.18. The zero-order chi connectivity index (χ0) is 15.4. The highest BCUT2D eigenvalue weighted by Gasteiger charge is 2.32. The van der Waals surface area contributed by atoms with Gasteiger partial charge in [-0.3, -0.25) is 9.69 Å². The van der Waals surface area contributed by atoms with Gasteiger partial charge in [-0.25, -0.2) is 0 Å². The highest BCUT2D eigenvalue weighted by Crippen LogP contribution is 2.22. The van der Waals surface area contributed by atoms with Gasteiger partial charge < -0.3 is 19.2 Å². The molecular weight excluding hydrogens is 308 g/mol. The number of rotatable bonds is 5. The molecule has 2 aliphatic rings. The SMILES string of the molecule is O=C(NCC(C1CCOC1)N1CCOCC1)c1ccc(Cl)o1. The fourth-order valence-corrected chi connectivity index (χ4v) is 3.23. The Kier molecular flexibility index (Phi) is 5.36. The van der Waals surface area contributed by atoms with Gasteiger partial charge >= 0.3 is 0 Å². The summed E-state index contributed by atoms with van der Waals surface area (Å²) in [5.74, 6) is 0.455. The van der Waals surface area contributed by atoms with Crippen LogP contribution in [0.25, 0.3) is 0 Å². The first-order valence-electron chi connectivity index (χ1n) is 7.67. The molecule has 0 bridgehead atoms. The van der Waals surface area contributed by atoms with Crippen molar-refractivity contribution in [1.82, 2.24) is 10.2 Å². The lowest BCUT2D eigenvalue weighted by Crippen LogP contribution is -2.52. The smallest absolute Gasteiger partial charge is 0.287 e. The summed E-state index contributed by atoms with van der Waals surface area (Å²) in [6, 6.07) is 3.42. The fourth-order valence-electron chi connectivity index (χ4n) is 3.08. The van der Waals surface area contributed by atoms with Gasteiger partial charge in [0.15, 0.2) is 11.0 Å². The molecule has 122 valence electrons. The molecule has 1 aromatic rings. The number of ether oxygens (including phenoxy) is 2. The minimum atomic E-state index is -0.232. The van der Waals surface area contributed by atoms with E-state index in [1.54, 1.807) is 12.1 Å². The summed E-state index contributed by atoms with van der Waals surface area (Å²) in [5.41, 5.74) is 0. The van der Waals surface area contributed by atoms with Crippen LogP contribution in [-0.4, -0.2) is 62.9 Å². The molecule has 22 heavy (non-hydrogen) atoms. The highest BCUT2D eigenvalue weighted by atomic mass is 35.5. The van der Waals surface area contributed by atoms with Gasteiger partial charge in [0.25, 0.3) is 5.91 Å². The first-order chi connectivity index (χ1) is 10.7. The molecule has 0 radical (unpaired) electrons. The zero-order valence-corrected chi connectivity index (χ0v) is 13.2. The molecule has 0 spiro atoms. The van der Waals surface area contributed by atoms with Gasteiger partial charge in [-0.15, -0.1) is 0 Å². The van der Waals surface area contributed by atoms with Crippen molar-refractivity contribution in [2.24, 2.45) is 5.92 Å². The molecule has 0 aliphatic carbocycles. The minimum absolute atomic E-state index is 0.221. The van der Waals surface area contributed by atoms with Crippen molar-refractivity contribution < 1.29 is 18.7 Å². The first kappa shape index (κ1) is 15.8. The summed E-state index contributed by atoms with van der Waals surface area (Å²) in [7, 11) is 0. The summed E-state index contributed by atoms with van der Waals surface area (Å²) >= 11 is 5.71. The molecular formula is C15H21ClN2O4. The molecule has 2 aliphatic heterocycles. The van der Waals surface area contributed by atoms with Crippen LogP contribution in [0.15, 0.2) is 16.5 Å².